The maximum absolute atomic E-state index is 13.6. The highest BCUT2D eigenvalue weighted by molar-refractivity contribution is 9.10. The zero-order valence-corrected chi connectivity index (χ0v) is 23.1. The minimum atomic E-state index is -1.72. The van der Waals surface area contributed by atoms with Gasteiger partial charge in [-0.25, -0.2) is 0 Å². The molecule has 4 aromatic rings. The summed E-state index contributed by atoms with van der Waals surface area (Å²) in [5.74, 6) is -1.01. The molecule has 2 atom stereocenters. The molecule has 2 heterocycles. The van der Waals surface area contributed by atoms with E-state index in [1.54, 1.807) is 30.0 Å². The number of nitrogens with zero attached hydrogens (tertiary/aromatic N) is 1. The highest BCUT2D eigenvalue weighted by Crippen LogP contribution is 2.46. The molecule has 1 aliphatic rings. The first-order chi connectivity index (χ1) is 18.8. The molecule has 0 saturated heterocycles. The molecule has 0 radical (unpaired) electrons. The van der Waals surface area contributed by atoms with Crippen molar-refractivity contribution in [1.82, 2.24) is 4.98 Å². The molecule has 1 aromatic heterocycles. The second-order valence-corrected chi connectivity index (χ2v) is 10.7. The maximum atomic E-state index is 13.6. The van der Waals surface area contributed by atoms with Crippen LogP contribution >= 0.6 is 15.9 Å². The fourth-order valence-electron chi connectivity index (χ4n) is 5.12. The monoisotopic (exact) mass is 587 g/mol. The number of benzene rings is 3. The molecule has 200 valence electrons. The smallest absolute Gasteiger partial charge is 0.264 e. The van der Waals surface area contributed by atoms with Crippen molar-refractivity contribution in [3.8, 4) is 0 Å². The van der Waals surface area contributed by atoms with Crippen LogP contribution in [0.25, 0.3) is 10.9 Å². The normalized spacial score (nSPS) is 17.6. The van der Waals surface area contributed by atoms with Crippen LogP contribution in [0.15, 0.2) is 89.6 Å². The number of aromatic nitrogens is 1. The van der Waals surface area contributed by atoms with Crippen LogP contribution in [0, 0.1) is 5.92 Å². The summed E-state index contributed by atoms with van der Waals surface area (Å²) in [5, 5.41) is 24.8. The van der Waals surface area contributed by atoms with E-state index < -0.39 is 17.4 Å². The lowest BCUT2D eigenvalue weighted by Gasteiger charge is -2.27. The summed E-state index contributed by atoms with van der Waals surface area (Å²) in [6.45, 7) is 2.07. The fourth-order valence-corrected chi connectivity index (χ4v) is 5.48. The van der Waals surface area contributed by atoms with Gasteiger partial charge in [0.15, 0.2) is 5.60 Å². The quantitative estimate of drug-likeness (QED) is 0.196. The van der Waals surface area contributed by atoms with Gasteiger partial charge in [-0.05, 0) is 53.9 Å². The molecule has 39 heavy (non-hydrogen) atoms. The number of carbonyl (C=O) groups is 2. The first-order valence-electron chi connectivity index (χ1n) is 12.9. The molecule has 0 fully saturated rings. The molecular weight excluding hydrogens is 558 g/mol. The summed E-state index contributed by atoms with van der Waals surface area (Å²) < 4.78 is 0.772. The number of hydrogen-bond acceptors (Lipinski definition) is 4. The number of halogens is 1. The highest BCUT2D eigenvalue weighted by atomic mass is 79.9. The lowest BCUT2D eigenvalue weighted by molar-refractivity contribution is -0.139. The standard InChI is InChI=1S/C31H30BrN3O4/c1-20(6-4-5-15-36)31(39)26-17-23(32)11-14-28(26)35(30(31)38)19-21-9-12-24(13-10-21)34-29(37)16-22-18-33-27-8-3-2-7-25(22)27/h2-4,6-14,17-18,20,33,36,39H,5,15-16,19H2,1H3,(H,34,37)/b6-4+/t20-,31+/m1/s1. The van der Waals surface area contributed by atoms with Crippen LogP contribution in [0.3, 0.4) is 0 Å². The fraction of sp³-hybridized carbons (Fsp3) is 0.226. The van der Waals surface area contributed by atoms with E-state index in [0.29, 0.717) is 23.4 Å². The number of amides is 2. The molecule has 0 unspecified atom stereocenters. The minimum absolute atomic E-state index is 0.00331. The van der Waals surface area contributed by atoms with Crippen molar-refractivity contribution < 1.29 is 19.8 Å². The van der Waals surface area contributed by atoms with Gasteiger partial charge in [0.2, 0.25) is 5.91 Å². The zero-order valence-electron chi connectivity index (χ0n) is 21.5. The number of fused-ring (bicyclic) bond motifs is 2. The van der Waals surface area contributed by atoms with E-state index in [1.165, 1.54) is 0 Å². The van der Waals surface area contributed by atoms with Crippen molar-refractivity contribution in [3.05, 3.63) is 106 Å². The van der Waals surface area contributed by atoms with Gasteiger partial charge in [-0.2, -0.15) is 0 Å². The number of aliphatic hydroxyl groups excluding tert-OH is 1. The third-order valence-electron chi connectivity index (χ3n) is 7.22. The number of aliphatic hydroxyl groups is 2. The molecule has 0 aliphatic carbocycles. The number of para-hydroxylation sites is 1. The third-order valence-corrected chi connectivity index (χ3v) is 7.71. The number of hydrogen-bond donors (Lipinski definition) is 4. The predicted molar refractivity (Wildman–Crippen MR) is 156 cm³/mol. The average molecular weight is 589 g/mol. The lowest BCUT2D eigenvalue weighted by atomic mass is 9.83. The van der Waals surface area contributed by atoms with E-state index >= 15 is 0 Å². The summed E-state index contributed by atoms with van der Waals surface area (Å²) in [7, 11) is 0. The Bertz CT molecular complexity index is 1550. The summed E-state index contributed by atoms with van der Waals surface area (Å²) in [6.07, 6.45) is 6.12. The Morgan fingerprint density at radius 2 is 1.92 bits per heavy atom. The zero-order chi connectivity index (χ0) is 27.6. The molecule has 0 bridgehead atoms. The van der Waals surface area contributed by atoms with Gasteiger partial charge in [-0.15, -0.1) is 0 Å². The van der Waals surface area contributed by atoms with Crippen LogP contribution in [0.5, 0.6) is 0 Å². The lowest BCUT2D eigenvalue weighted by Crippen LogP contribution is -2.44. The number of H-pyrrole nitrogens is 1. The van der Waals surface area contributed by atoms with Gasteiger partial charge in [0, 0.05) is 45.3 Å². The van der Waals surface area contributed by atoms with Crippen LogP contribution in [-0.4, -0.2) is 33.6 Å². The summed E-state index contributed by atoms with van der Waals surface area (Å²) in [5.41, 5.74) is 2.94. The van der Waals surface area contributed by atoms with E-state index in [1.807, 2.05) is 66.9 Å². The first-order valence-corrected chi connectivity index (χ1v) is 13.7. The Kier molecular flexibility index (Phi) is 7.70. The van der Waals surface area contributed by atoms with Crippen molar-refractivity contribution >= 4 is 50.0 Å². The summed E-state index contributed by atoms with van der Waals surface area (Å²) in [4.78, 5) is 31.1. The van der Waals surface area contributed by atoms with Gasteiger partial charge in [0.25, 0.3) is 5.91 Å². The number of carbonyl (C=O) groups excluding carboxylic acids is 2. The van der Waals surface area contributed by atoms with Gasteiger partial charge in [0.05, 0.1) is 18.7 Å². The minimum Gasteiger partial charge on any atom is -0.396 e. The molecular formula is C31H30BrN3O4. The van der Waals surface area contributed by atoms with Gasteiger partial charge in [-0.3, -0.25) is 9.59 Å². The van der Waals surface area contributed by atoms with Gasteiger partial charge >= 0.3 is 0 Å². The second-order valence-electron chi connectivity index (χ2n) is 9.83. The Balaban J connectivity index is 1.30. The molecule has 8 heteroatoms. The van der Waals surface area contributed by atoms with E-state index in [-0.39, 0.29) is 25.5 Å². The van der Waals surface area contributed by atoms with E-state index in [2.05, 4.69) is 26.2 Å². The van der Waals surface area contributed by atoms with E-state index in [0.717, 1.165) is 26.5 Å². The molecule has 3 aromatic carbocycles. The molecule has 7 nitrogen and oxygen atoms in total. The first kappa shape index (κ1) is 26.9. The Morgan fingerprint density at radius 1 is 1.15 bits per heavy atom. The summed E-state index contributed by atoms with van der Waals surface area (Å²) in [6, 6.07) is 20.7. The molecule has 5 rings (SSSR count). The van der Waals surface area contributed by atoms with Crippen molar-refractivity contribution in [3.63, 3.8) is 0 Å². The SMILES string of the molecule is C[C@H](/C=C/CCO)[C@@]1(O)C(=O)N(Cc2ccc(NC(=O)Cc3c[nH]c4ccccc34)cc2)c2ccc(Br)cc21. The Morgan fingerprint density at radius 3 is 2.69 bits per heavy atom. The average Bonchev–Trinajstić information content (AvgIpc) is 3.42. The van der Waals surface area contributed by atoms with E-state index in [4.69, 9.17) is 5.11 Å². The number of aromatic amines is 1. The van der Waals surface area contributed by atoms with Crippen molar-refractivity contribution in [2.75, 3.05) is 16.8 Å². The molecule has 0 spiro atoms. The van der Waals surface area contributed by atoms with Gasteiger partial charge < -0.3 is 25.4 Å². The Labute approximate surface area is 235 Å². The molecule has 0 saturated carbocycles. The van der Waals surface area contributed by atoms with Crippen LogP contribution in [0.1, 0.15) is 30.0 Å². The van der Waals surface area contributed by atoms with Crippen molar-refractivity contribution in [1.29, 1.82) is 0 Å². The van der Waals surface area contributed by atoms with Crippen molar-refractivity contribution in [2.45, 2.75) is 31.9 Å². The largest absolute Gasteiger partial charge is 0.396 e. The summed E-state index contributed by atoms with van der Waals surface area (Å²) >= 11 is 3.47. The number of nitrogens with one attached hydrogen (secondary N) is 2. The number of anilines is 2. The third kappa shape index (κ3) is 5.28. The number of rotatable bonds is 9. The van der Waals surface area contributed by atoms with Crippen LogP contribution in [-0.2, 0) is 28.2 Å². The topological polar surface area (TPSA) is 106 Å². The second kappa shape index (κ2) is 11.2. The molecule has 1 aliphatic heterocycles. The Hall–Kier alpha value is -3.72. The maximum Gasteiger partial charge on any atom is 0.264 e. The van der Waals surface area contributed by atoms with E-state index in [9.17, 15) is 14.7 Å². The molecule has 4 N–H and O–H groups in total. The highest BCUT2D eigenvalue weighted by Gasteiger charge is 2.52. The van der Waals surface area contributed by atoms with Crippen molar-refractivity contribution in [2.24, 2.45) is 5.92 Å². The van der Waals surface area contributed by atoms with Crippen LogP contribution in [0.2, 0.25) is 0 Å². The van der Waals surface area contributed by atoms with Crippen LogP contribution < -0.4 is 10.2 Å². The van der Waals surface area contributed by atoms with Crippen LogP contribution in [0.4, 0.5) is 11.4 Å². The predicted octanol–water partition coefficient (Wildman–Crippen LogP) is 5.42. The van der Waals surface area contributed by atoms with Gasteiger partial charge in [-0.1, -0.05) is 65.3 Å². The molecule has 2 amide bonds. The van der Waals surface area contributed by atoms with Gasteiger partial charge in [0.1, 0.15) is 0 Å².